The third-order valence-electron chi connectivity index (χ3n) is 5.59. The Hall–Kier alpha value is -3.39. The van der Waals surface area contributed by atoms with E-state index in [2.05, 4.69) is 5.73 Å². The number of carbonyl (C=O) groups excluding carboxylic acids is 1. The minimum Gasteiger partial charge on any atom is -0.693 e. The maximum atomic E-state index is 11.9. The average molecular weight is 675 g/mol. The van der Waals surface area contributed by atoms with Gasteiger partial charge in [0.05, 0.1) is 26.8 Å². The van der Waals surface area contributed by atoms with Crippen LogP contribution in [0.2, 0.25) is 0 Å². The molecule has 0 saturated heterocycles. The Morgan fingerprint density at radius 2 is 1.42 bits per heavy atom. The van der Waals surface area contributed by atoms with E-state index in [1.165, 1.54) is 40.3 Å². The predicted molar refractivity (Wildman–Crippen MR) is 161 cm³/mol. The summed E-state index contributed by atoms with van der Waals surface area (Å²) in [5.41, 5.74) is 12.1. The second kappa shape index (κ2) is 22.2. The van der Waals surface area contributed by atoms with Crippen LogP contribution in [0.1, 0.15) is 46.9 Å². The smallest absolute Gasteiger partial charge is 0.511 e. The zero-order chi connectivity index (χ0) is 30.9. The second-order valence-electron chi connectivity index (χ2n) is 8.41. The molecule has 233 valence electrons. The van der Waals surface area contributed by atoms with Crippen LogP contribution in [0.4, 0.5) is 4.79 Å². The van der Waals surface area contributed by atoms with E-state index in [1.54, 1.807) is 59.5 Å². The summed E-state index contributed by atoms with van der Waals surface area (Å²) in [7, 11) is 4.55. The van der Waals surface area contributed by atoms with Gasteiger partial charge in [-0.15, -0.1) is 0 Å². The molecule has 1 unspecified atom stereocenters. The van der Waals surface area contributed by atoms with Crippen LogP contribution in [-0.2, 0) is 44.0 Å². The van der Waals surface area contributed by atoms with Crippen molar-refractivity contribution in [3.8, 4) is 17.2 Å². The summed E-state index contributed by atoms with van der Waals surface area (Å²) in [6.45, 7) is 4.08. The number of methoxy groups -OCH3 is 2. The van der Waals surface area contributed by atoms with Crippen molar-refractivity contribution in [3.05, 3.63) is 95.1 Å². The molecule has 0 aliphatic heterocycles. The van der Waals surface area contributed by atoms with Gasteiger partial charge in [-0.1, -0.05) is 43.3 Å². The SMILES string of the molecule is CCN.CN.COc1ccc(C(c2ccc(OC(=O)O)cc2)N(CC(=O)O)Cc2ccc(C(C)=O)cc2)c(OC)c1.[NH2-].[Y]. The monoisotopic (exact) mass is 674 g/mol. The van der Waals surface area contributed by atoms with Crippen molar-refractivity contribution in [2.45, 2.75) is 26.4 Å². The van der Waals surface area contributed by atoms with Crippen molar-refractivity contribution >= 4 is 17.9 Å². The van der Waals surface area contributed by atoms with Crippen molar-refractivity contribution in [2.24, 2.45) is 11.5 Å². The number of benzene rings is 3. The fourth-order valence-electron chi connectivity index (χ4n) is 3.94. The van der Waals surface area contributed by atoms with Gasteiger partial charge in [0.2, 0.25) is 0 Å². The van der Waals surface area contributed by atoms with Crippen LogP contribution in [0.5, 0.6) is 17.2 Å². The van der Waals surface area contributed by atoms with E-state index in [9.17, 15) is 19.5 Å². The summed E-state index contributed by atoms with van der Waals surface area (Å²) < 4.78 is 15.7. The summed E-state index contributed by atoms with van der Waals surface area (Å²) in [5, 5.41) is 18.7. The van der Waals surface area contributed by atoms with Crippen LogP contribution in [0.3, 0.4) is 0 Å². The minimum absolute atomic E-state index is 0. The average Bonchev–Trinajstić information content (AvgIpc) is 2.95. The molecule has 12 nitrogen and oxygen atoms in total. The van der Waals surface area contributed by atoms with E-state index in [0.29, 0.717) is 28.2 Å². The first-order valence-corrected chi connectivity index (χ1v) is 12.7. The number of ether oxygens (including phenoxy) is 3. The van der Waals surface area contributed by atoms with Gasteiger partial charge in [-0.25, -0.2) is 4.79 Å². The van der Waals surface area contributed by atoms with Gasteiger partial charge in [-0.3, -0.25) is 14.5 Å². The molecule has 43 heavy (non-hydrogen) atoms. The normalized spacial score (nSPS) is 10.2. The number of rotatable bonds is 11. The number of aliphatic carboxylic acids is 1. The Balaban J connectivity index is 0. The maximum absolute atomic E-state index is 11.9. The number of Topliss-reactive ketones (excluding diaryl/α,β-unsaturated/α-hetero) is 1. The Morgan fingerprint density at radius 1 is 0.884 bits per heavy atom. The largest absolute Gasteiger partial charge is 0.693 e. The van der Waals surface area contributed by atoms with E-state index < -0.39 is 18.2 Å². The molecule has 0 amide bonds. The van der Waals surface area contributed by atoms with Crippen LogP contribution in [0, 0.1) is 0 Å². The Kier molecular flexibility index (Phi) is 21.5. The molecular formula is C30H41N4O8Y-. The van der Waals surface area contributed by atoms with Crippen LogP contribution in [0.25, 0.3) is 6.15 Å². The molecule has 0 aliphatic carbocycles. The molecule has 0 spiro atoms. The third-order valence-corrected chi connectivity index (χ3v) is 5.59. The molecule has 1 radical (unpaired) electrons. The number of ketones is 1. The van der Waals surface area contributed by atoms with E-state index in [-0.39, 0.29) is 63.5 Å². The second-order valence-corrected chi connectivity index (χ2v) is 8.41. The molecule has 0 bridgehead atoms. The Labute approximate surface area is 277 Å². The van der Waals surface area contributed by atoms with Gasteiger partial charge in [0.1, 0.15) is 17.2 Å². The van der Waals surface area contributed by atoms with Crippen molar-refractivity contribution < 1.29 is 71.5 Å². The number of nitrogens with two attached hydrogens (primary N) is 3. The van der Waals surface area contributed by atoms with Gasteiger partial charge < -0.3 is 42.0 Å². The molecule has 3 aromatic carbocycles. The van der Waals surface area contributed by atoms with Crippen molar-refractivity contribution in [1.29, 1.82) is 0 Å². The van der Waals surface area contributed by atoms with Gasteiger partial charge in [0.15, 0.2) is 5.78 Å². The van der Waals surface area contributed by atoms with E-state index >= 15 is 0 Å². The quantitative estimate of drug-likeness (QED) is 0.122. The zero-order valence-electron chi connectivity index (χ0n) is 25.2. The first-order chi connectivity index (χ1) is 19.6. The van der Waals surface area contributed by atoms with Gasteiger partial charge in [0, 0.05) is 56.4 Å². The van der Waals surface area contributed by atoms with Gasteiger partial charge in [-0.05, 0) is 55.9 Å². The number of hydrogen-bond acceptors (Lipinski definition) is 9. The number of hydrogen-bond donors (Lipinski definition) is 4. The number of carbonyl (C=O) groups is 3. The maximum Gasteiger partial charge on any atom is 0.511 e. The van der Waals surface area contributed by atoms with Gasteiger partial charge in [-0.2, -0.15) is 0 Å². The minimum atomic E-state index is -1.43. The van der Waals surface area contributed by atoms with Crippen LogP contribution >= 0.6 is 0 Å². The summed E-state index contributed by atoms with van der Waals surface area (Å²) in [4.78, 5) is 36.2. The van der Waals surface area contributed by atoms with Crippen molar-refractivity contribution in [2.75, 3.05) is 34.4 Å². The Morgan fingerprint density at radius 3 is 1.86 bits per heavy atom. The van der Waals surface area contributed by atoms with Crippen LogP contribution < -0.4 is 25.7 Å². The number of carboxylic acid groups (broad SMARTS) is 2. The molecular weight excluding hydrogens is 633 g/mol. The molecule has 0 fully saturated rings. The topological polar surface area (TPSA) is 208 Å². The van der Waals surface area contributed by atoms with Crippen LogP contribution in [-0.4, -0.2) is 67.4 Å². The fourth-order valence-corrected chi connectivity index (χ4v) is 3.94. The molecule has 8 N–H and O–H groups in total. The molecule has 3 aromatic rings. The molecule has 0 heterocycles. The zero-order valence-corrected chi connectivity index (χ0v) is 28.0. The summed E-state index contributed by atoms with van der Waals surface area (Å²) in [6.07, 6.45) is -1.43. The number of nitrogens with zero attached hydrogens (tertiary/aromatic N) is 1. The molecule has 13 heteroatoms. The van der Waals surface area contributed by atoms with Crippen molar-refractivity contribution in [1.82, 2.24) is 4.90 Å². The summed E-state index contributed by atoms with van der Waals surface area (Å²) >= 11 is 0. The first kappa shape index (κ1) is 41.7. The van der Waals surface area contributed by atoms with E-state index in [1.807, 2.05) is 6.92 Å². The molecule has 0 aromatic heterocycles. The first-order valence-electron chi connectivity index (χ1n) is 12.7. The molecule has 0 aliphatic rings. The van der Waals surface area contributed by atoms with Gasteiger partial charge >= 0.3 is 12.1 Å². The van der Waals surface area contributed by atoms with Crippen molar-refractivity contribution in [3.63, 3.8) is 0 Å². The van der Waals surface area contributed by atoms with E-state index in [4.69, 9.17) is 25.1 Å². The standard InChI is InChI=1S/C27H27NO8.C2H7N.CH5N.H2N.Y/c1-17(29)19-6-4-18(5-7-19)15-28(16-25(30)31)26(20-8-10-21(11-9-20)36-27(32)33)23-13-12-22(34-2)14-24(23)35-3;1-2-3;1-2;;/h4-14,26H,15-16H2,1-3H3,(H,30,31)(H,32,33);2-3H2,1H3;2H2,1H3;1H2;/q;;;-1;. The Bertz CT molecular complexity index is 1260. The van der Waals surface area contributed by atoms with E-state index in [0.717, 1.165) is 12.1 Å². The predicted octanol–water partition coefficient (Wildman–Crippen LogP) is 4.89. The molecule has 1 atom stereocenters. The molecule has 3 rings (SSSR count). The summed E-state index contributed by atoms with van der Waals surface area (Å²) in [6, 6.07) is 18.1. The van der Waals surface area contributed by atoms with Crippen LogP contribution in [0.15, 0.2) is 66.7 Å². The fraction of sp³-hybridized carbons (Fsp3) is 0.300. The molecule has 0 saturated carbocycles. The third kappa shape index (κ3) is 13.6. The van der Waals surface area contributed by atoms with Gasteiger partial charge in [0.25, 0.3) is 0 Å². The number of carboxylic acids is 1. The summed E-state index contributed by atoms with van der Waals surface area (Å²) in [5.74, 6) is 0.111.